The SMILES string of the molecule is Nc1c(C(=O)Nc2cc(Cl)cc(Cl)c2)sc2ncccc12. The number of rotatable bonds is 2. The average molecular weight is 338 g/mol. The number of carbonyl (C=O) groups is 1. The van der Waals surface area contributed by atoms with Crippen molar-refractivity contribution in [3.05, 3.63) is 51.5 Å². The highest BCUT2D eigenvalue weighted by Crippen LogP contribution is 2.32. The molecule has 2 heterocycles. The molecule has 7 heteroatoms. The number of hydrogen-bond acceptors (Lipinski definition) is 4. The Morgan fingerprint density at radius 1 is 1.24 bits per heavy atom. The van der Waals surface area contributed by atoms with Gasteiger partial charge in [0.15, 0.2) is 0 Å². The largest absolute Gasteiger partial charge is 0.397 e. The van der Waals surface area contributed by atoms with Crippen molar-refractivity contribution in [2.75, 3.05) is 11.1 Å². The molecule has 0 saturated heterocycles. The van der Waals surface area contributed by atoms with E-state index < -0.39 is 0 Å². The molecule has 3 aromatic rings. The summed E-state index contributed by atoms with van der Waals surface area (Å²) in [6, 6.07) is 8.45. The molecule has 106 valence electrons. The molecule has 4 nitrogen and oxygen atoms in total. The smallest absolute Gasteiger partial charge is 0.267 e. The topological polar surface area (TPSA) is 68.0 Å². The van der Waals surface area contributed by atoms with Crippen LogP contribution in [0.25, 0.3) is 10.2 Å². The molecule has 0 aliphatic heterocycles. The molecule has 0 spiro atoms. The first-order chi connectivity index (χ1) is 10.0. The molecule has 0 saturated carbocycles. The van der Waals surface area contributed by atoms with Gasteiger partial charge in [-0.1, -0.05) is 23.2 Å². The maximum Gasteiger partial charge on any atom is 0.267 e. The van der Waals surface area contributed by atoms with Crippen LogP contribution in [0.2, 0.25) is 10.0 Å². The lowest BCUT2D eigenvalue weighted by Gasteiger charge is -2.05. The standard InChI is InChI=1S/C14H9Cl2N3OS/c15-7-4-8(16)6-9(5-7)19-13(20)12-11(17)10-2-1-3-18-14(10)21-12/h1-6H,17H2,(H,19,20). The summed E-state index contributed by atoms with van der Waals surface area (Å²) < 4.78 is 0. The summed E-state index contributed by atoms with van der Waals surface area (Å²) in [5.41, 5.74) is 6.95. The van der Waals surface area contributed by atoms with Crippen LogP contribution in [0.4, 0.5) is 11.4 Å². The Hall–Kier alpha value is -1.82. The van der Waals surface area contributed by atoms with Crippen molar-refractivity contribution < 1.29 is 4.79 Å². The predicted molar refractivity (Wildman–Crippen MR) is 88.4 cm³/mol. The van der Waals surface area contributed by atoms with Crippen molar-refractivity contribution in [3.8, 4) is 0 Å². The third-order valence-corrected chi connectivity index (χ3v) is 4.40. The number of nitrogen functional groups attached to an aromatic ring is 1. The van der Waals surface area contributed by atoms with Gasteiger partial charge in [-0.2, -0.15) is 0 Å². The third-order valence-electron chi connectivity index (χ3n) is 2.83. The average Bonchev–Trinajstić information content (AvgIpc) is 2.76. The molecule has 2 aromatic heterocycles. The number of benzene rings is 1. The number of nitrogens with zero attached hydrogens (tertiary/aromatic N) is 1. The minimum absolute atomic E-state index is 0.311. The molecule has 3 N–H and O–H groups in total. The van der Waals surface area contributed by atoms with Crippen LogP contribution in [0.1, 0.15) is 9.67 Å². The van der Waals surface area contributed by atoms with E-state index in [2.05, 4.69) is 10.3 Å². The zero-order valence-corrected chi connectivity index (χ0v) is 12.9. The van der Waals surface area contributed by atoms with Gasteiger partial charge in [0.25, 0.3) is 5.91 Å². The van der Waals surface area contributed by atoms with Gasteiger partial charge >= 0.3 is 0 Å². The summed E-state index contributed by atoms with van der Waals surface area (Å²) in [7, 11) is 0. The number of halogens is 2. The van der Waals surface area contributed by atoms with Crippen LogP contribution >= 0.6 is 34.5 Å². The first-order valence-electron chi connectivity index (χ1n) is 5.95. The van der Waals surface area contributed by atoms with E-state index in [0.717, 1.165) is 10.2 Å². The van der Waals surface area contributed by atoms with E-state index in [1.165, 1.54) is 11.3 Å². The molecule has 1 amide bonds. The molecule has 21 heavy (non-hydrogen) atoms. The Morgan fingerprint density at radius 2 is 1.95 bits per heavy atom. The number of nitrogens with two attached hydrogens (primary N) is 1. The van der Waals surface area contributed by atoms with Crippen LogP contribution in [-0.4, -0.2) is 10.9 Å². The van der Waals surface area contributed by atoms with Crippen molar-refractivity contribution in [3.63, 3.8) is 0 Å². The highest BCUT2D eigenvalue weighted by Gasteiger charge is 2.17. The number of pyridine rings is 1. The molecule has 0 aliphatic carbocycles. The van der Waals surface area contributed by atoms with Crippen LogP contribution in [0.5, 0.6) is 0 Å². The Bertz CT molecular complexity index is 827. The van der Waals surface area contributed by atoms with Gasteiger partial charge in [-0.25, -0.2) is 4.98 Å². The Balaban J connectivity index is 1.95. The van der Waals surface area contributed by atoms with Gasteiger partial charge in [0.1, 0.15) is 9.71 Å². The summed E-state index contributed by atoms with van der Waals surface area (Å²) in [5.74, 6) is -0.311. The van der Waals surface area contributed by atoms with Gasteiger partial charge in [-0.3, -0.25) is 4.79 Å². The minimum Gasteiger partial charge on any atom is -0.397 e. The van der Waals surface area contributed by atoms with Gasteiger partial charge in [0, 0.05) is 27.3 Å². The normalized spacial score (nSPS) is 10.8. The van der Waals surface area contributed by atoms with Crippen LogP contribution < -0.4 is 11.1 Å². The molecular formula is C14H9Cl2N3OS. The maximum absolute atomic E-state index is 12.3. The van der Waals surface area contributed by atoms with E-state index in [-0.39, 0.29) is 5.91 Å². The maximum atomic E-state index is 12.3. The summed E-state index contributed by atoms with van der Waals surface area (Å²) in [6.45, 7) is 0. The molecule has 0 unspecified atom stereocenters. The fourth-order valence-electron chi connectivity index (χ4n) is 1.93. The van der Waals surface area contributed by atoms with Crippen molar-refractivity contribution in [2.45, 2.75) is 0 Å². The Morgan fingerprint density at radius 3 is 2.62 bits per heavy atom. The molecule has 0 atom stereocenters. The summed E-state index contributed by atoms with van der Waals surface area (Å²) in [6.07, 6.45) is 1.66. The molecule has 0 aliphatic rings. The molecule has 3 rings (SSSR count). The van der Waals surface area contributed by atoms with Gasteiger partial charge in [-0.15, -0.1) is 11.3 Å². The number of thiophene rings is 1. The van der Waals surface area contributed by atoms with Crippen molar-refractivity contribution >= 4 is 62.0 Å². The van der Waals surface area contributed by atoms with Gasteiger partial charge in [0.2, 0.25) is 0 Å². The summed E-state index contributed by atoms with van der Waals surface area (Å²) >= 11 is 13.1. The van der Waals surface area contributed by atoms with Crippen LogP contribution in [0.3, 0.4) is 0 Å². The fraction of sp³-hybridized carbons (Fsp3) is 0. The molecule has 1 aromatic carbocycles. The lowest BCUT2D eigenvalue weighted by molar-refractivity contribution is 0.103. The summed E-state index contributed by atoms with van der Waals surface area (Å²) in [5, 5.41) is 4.41. The quantitative estimate of drug-likeness (QED) is 0.726. The van der Waals surface area contributed by atoms with Crippen LogP contribution in [0.15, 0.2) is 36.5 Å². The monoisotopic (exact) mass is 337 g/mol. The second-order valence-corrected chi connectivity index (χ2v) is 6.19. The predicted octanol–water partition coefficient (Wildman–Crippen LogP) is 4.44. The highest BCUT2D eigenvalue weighted by molar-refractivity contribution is 7.21. The first kappa shape index (κ1) is 14.1. The number of amides is 1. The van der Waals surface area contributed by atoms with E-state index >= 15 is 0 Å². The van der Waals surface area contributed by atoms with E-state index in [9.17, 15) is 4.79 Å². The van der Waals surface area contributed by atoms with E-state index in [0.29, 0.717) is 26.3 Å². The van der Waals surface area contributed by atoms with E-state index in [4.69, 9.17) is 28.9 Å². The number of hydrogen-bond donors (Lipinski definition) is 2. The number of fused-ring (bicyclic) bond motifs is 1. The fourth-order valence-corrected chi connectivity index (χ4v) is 3.42. The zero-order valence-electron chi connectivity index (χ0n) is 10.6. The van der Waals surface area contributed by atoms with Crippen molar-refractivity contribution in [2.24, 2.45) is 0 Å². The molecule has 0 bridgehead atoms. The van der Waals surface area contributed by atoms with Gasteiger partial charge < -0.3 is 11.1 Å². The Labute approximate surface area is 134 Å². The Kier molecular flexibility index (Phi) is 3.71. The number of aromatic nitrogens is 1. The second kappa shape index (κ2) is 5.52. The minimum atomic E-state index is -0.311. The lowest BCUT2D eigenvalue weighted by atomic mass is 10.2. The van der Waals surface area contributed by atoms with Crippen molar-refractivity contribution in [1.29, 1.82) is 0 Å². The molecular weight excluding hydrogens is 329 g/mol. The number of carbonyl (C=O) groups excluding carboxylic acids is 1. The molecule has 0 radical (unpaired) electrons. The number of nitrogens with one attached hydrogen (secondary N) is 1. The van der Waals surface area contributed by atoms with E-state index in [1.807, 2.05) is 6.07 Å². The first-order valence-corrected chi connectivity index (χ1v) is 7.52. The van der Waals surface area contributed by atoms with Crippen LogP contribution in [-0.2, 0) is 0 Å². The second-order valence-electron chi connectivity index (χ2n) is 4.31. The van der Waals surface area contributed by atoms with Gasteiger partial charge in [0.05, 0.1) is 5.69 Å². The highest BCUT2D eigenvalue weighted by atomic mass is 35.5. The third kappa shape index (κ3) is 2.81. The van der Waals surface area contributed by atoms with Gasteiger partial charge in [-0.05, 0) is 30.3 Å². The van der Waals surface area contributed by atoms with Crippen molar-refractivity contribution in [1.82, 2.24) is 4.98 Å². The number of anilines is 2. The molecule has 0 fully saturated rings. The van der Waals surface area contributed by atoms with E-state index in [1.54, 1.807) is 30.5 Å². The zero-order chi connectivity index (χ0) is 15.0. The van der Waals surface area contributed by atoms with Crippen LogP contribution in [0, 0.1) is 0 Å². The lowest BCUT2D eigenvalue weighted by Crippen LogP contribution is -2.11. The summed E-state index contributed by atoms with van der Waals surface area (Å²) in [4.78, 5) is 17.7.